The summed E-state index contributed by atoms with van der Waals surface area (Å²) in [7, 11) is 1.65. The minimum Gasteiger partial charge on any atom is -0.497 e. The van der Waals surface area contributed by atoms with Gasteiger partial charge in [-0.25, -0.2) is 9.29 Å². The van der Waals surface area contributed by atoms with Gasteiger partial charge in [0.2, 0.25) is 5.91 Å². The summed E-state index contributed by atoms with van der Waals surface area (Å²) in [5, 5.41) is 0. The number of halogens is 1. The van der Waals surface area contributed by atoms with Gasteiger partial charge in [-0.1, -0.05) is 6.07 Å². The molecular weight excluding hydrogens is 361 g/mol. The molecule has 2 saturated heterocycles. The summed E-state index contributed by atoms with van der Waals surface area (Å²) >= 11 is 0. The number of hydrogen-bond acceptors (Lipinski definition) is 5. The fraction of sp³-hybridized carbons (Fsp3) is 0.333. The Bertz CT molecular complexity index is 879. The summed E-state index contributed by atoms with van der Waals surface area (Å²) in [4.78, 5) is 30.8. The molecule has 0 aliphatic carbocycles. The summed E-state index contributed by atoms with van der Waals surface area (Å²) in [6.07, 6.45) is 0.162. The van der Waals surface area contributed by atoms with E-state index in [-0.39, 0.29) is 18.2 Å². The van der Waals surface area contributed by atoms with Crippen molar-refractivity contribution in [2.75, 3.05) is 43.1 Å². The Morgan fingerprint density at radius 2 is 1.68 bits per heavy atom. The molecule has 2 fully saturated rings. The third kappa shape index (κ3) is 3.45. The van der Waals surface area contributed by atoms with Crippen LogP contribution in [0.2, 0.25) is 0 Å². The highest BCUT2D eigenvalue weighted by atomic mass is 19.1. The lowest BCUT2D eigenvalue weighted by molar-refractivity contribution is -0.123. The Hall–Kier alpha value is -2.93. The second-order valence-electron chi connectivity index (χ2n) is 6.99. The Morgan fingerprint density at radius 3 is 2.36 bits per heavy atom. The molecule has 0 spiro atoms. The van der Waals surface area contributed by atoms with E-state index in [1.807, 2.05) is 24.3 Å². The molecule has 2 aliphatic heterocycles. The van der Waals surface area contributed by atoms with E-state index < -0.39 is 11.9 Å². The van der Waals surface area contributed by atoms with E-state index in [0.29, 0.717) is 18.8 Å². The maximum atomic E-state index is 13.2. The summed E-state index contributed by atoms with van der Waals surface area (Å²) in [5.74, 6) is -0.0530. The zero-order chi connectivity index (χ0) is 19.7. The van der Waals surface area contributed by atoms with Crippen LogP contribution in [-0.4, -0.2) is 56.0 Å². The van der Waals surface area contributed by atoms with Gasteiger partial charge in [0.1, 0.15) is 11.6 Å². The number of benzene rings is 2. The summed E-state index contributed by atoms with van der Waals surface area (Å²) in [6.45, 7) is 2.92. The smallest absolute Gasteiger partial charge is 0.251 e. The monoisotopic (exact) mass is 383 g/mol. The molecule has 0 bridgehead atoms. The maximum absolute atomic E-state index is 13.2. The molecule has 1 atom stereocenters. The minimum absolute atomic E-state index is 0.162. The average molecular weight is 383 g/mol. The second kappa shape index (κ2) is 7.59. The number of amides is 2. The van der Waals surface area contributed by atoms with E-state index in [1.54, 1.807) is 7.11 Å². The van der Waals surface area contributed by atoms with E-state index in [2.05, 4.69) is 9.80 Å². The maximum Gasteiger partial charge on any atom is 0.251 e. The van der Waals surface area contributed by atoms with Crippen LogP contribution >= 0.6 is 0 Å². The number of carbonyl (C=O) groups is 2. The van der Waals surface area contributed by atoms with Gasteiger partial charge in [-0.2, -0.15) is 0 Å². The fourth-order valence-corrected chi connectivity index (χ4v) is 3.86. The van der Waals surface area contributed by atoms with Crippen LogP contribution in [-0.2, 0) is 9.59 Å². The first-order valence-corrected chi connectivity index (χ1v) is 9.32. The van der Waals surface area contributed by atoms with Gasteiger partial charge in [0.05, 0.1) is 25.3 Å². The minimum atomic E-state index is -0.454. The molecule has 28 heavy (non-hydrogen) atoms. The van der Waals surface area contributed by atoms with Crippen molar-refractivity contribution in [3.8, 4) is 5.75 Å². The van der Waals surface area contributed by atoms with E-state index in [0.717, 1.165) is 24.5 Å². The van der Waals surface area contributed by atoms with Crippen LogP contribution in [0.15, 0.2) is 48.5 Å². The average Bonchev–Trinajstić information content (AvgIpc) is 3.03. The van der Waals surface area contributed by atoms with Gasteiger partial charge in [-0.15, -0.1) is 0 Å². The number of carbonyl (C=O) groups excluding carboxylic acids is 2. The van der Waals surface area contributed by atoms with Gasteiger partial charge in [-0.05, 0) is 36.4 Å². The van der Waals surface area contributed by atoms with E-state index in [9.17, 15) is 14.0 Å². The molecule has 0 aromatic heterocycles. The van der Waals surface area contributed by atoms with E-state index in [4.69, 9.17) is 4.74 Å². The number of rotatable bonds is 4. The zero-order valence-corrected chi connectivity index (χ0v) is 15.7. The van der Waals surface area contributed by atoms with Crippen LogP contribution in [0.1, 0.15) is 6.42 Å². The van der Waals surface area contributed by atoms with E-state index >= 15 is 0 Å². The third-order valence-electron chi connectivity index (χ3n) is 5.38. The summed E-state index contributed by atoms with van der Waals surface area (Å²) < 4.78 is 18.4. The Kier molecular flexibility index (Phi) is 5.00. The molecule has 2 heterocycles. The second-order valence-corrected chi connectivity index (χ2v) is 6.99. The number of anilines is 2. The molecule has 2 aromatic rings. The first-order valence-electron chi connectivity index (χ1n) is 9.32. The van der Waals surface area contributed by atoms with Gasteiger partial charge in [0.25, 0.3) is 5.91 Å². The van der Waals surface area contributed by atoms with Gasteiger partial charge in [0.15, 0.2) is 0 Å². The van der Waals surface area contributed by atoms with Crippen molar-refractivity contribution in [3.63, 3.8) is 0 Å². The number of methoxy groups -OCH3 is 1. The molecule has 4 rings (SSSR count). The van der Waals surface area contributed by atoms with Crippen LogP contribution < -0.4 is 14.5 Å². The van der Waals surface area contributed by atoms with Gasteiger partial charge < -0.3 is 9.64 Å². The molecule has 2 aromatic carbocycles. The van der Waals surface area contributed by atoms with Crippen LogP contribution in [0.5, 0.6) is 5.75 Å². The lowest BCUT2D eigenvalue weighted by atomic mass is 10.1. The lowest BCUT2D eigenvalue weighted by Gasteiger charge is -2.38. The first kappa shape index (κ1) is 18.4. The number of nitrogens with zero attached hydrogens (tertiary/aromatic N) is 3. The molecule has 1 unspecified atom stereocenters. The molecule has 6 nitrogen and oxygen atoms in total. The summed E-state index contributed by atoms with van der Waals surface area (Å²) in [5.41, 5.74) is 1.51. The highest BCUT2D eigenvalue weighted by Gasteiger charge is 2.43. The number of piperazine rings is 1. The first-order chi connectivity index (χ1) is 13.6. The Labute approximate surface area is 163 Å². The Morgan fingerprint density at radius 1 is 0.964 bits per heavy atom. The van der Waals surface area contributed by atoms with Crippen LogP contribution in [0, 0.1) is 5.82 Å². The molecule has 146 valence electrons. The van der Waals surface area contributed by atoms with Gasteiger partial charge in [0, 0.05) is 37.9 Å². The standard InChI is InChI=1S/C21H22FN3O3/c1-28-18-4-2-3-17(13-18)23-9-11-24(12-10-23)19-14-20(26)25(21(19)27)16-7-5-15(22)6-8-16/h2-8,13,19H,9-12,14H2,1H3. The zero-order valence-electron chi connectivity index (χ0n) is 15.7. The van der Waals surface area contributed by atoms with Crippen molar-refractivity contribution in [2.45, 2.75) is 12.5 Å². The highest BCUT2D eigenvalue weighted by molar-refractivity contribution is 6.22. The molecule has 0 saturated carbocycles. The molecule has 0 radical (unpaired) electrons. The molecule has 7 heteroatoms. The Balaban J connectivity index is 1.42. The van der Waals surface area contributed by atoms with Crippen molar-refractivity contribution in [2.24, 2.45) is 0 Å². The van der Waals surface area contributed by atoms with Crippen LogP contribution in [0.4, 0.5) is 15.8 Å². The van der Waals surface area contributed by atoms with Crippen molar-refractivity contribution in [1.29, 1.82) is 0 Å². The van der Waals surface area contributed by atoms with Crippen molar-refractivity contribution in [3.05, 3.63) is 54.3 Å². The quantitative estimate of drug-likeness (QED) is 0.759. The predicted molar refractivity (Wildman–Crippen MR) is 104 cm³/mol. The molecule has 0 N–H and O–H groups in total. The van der Waals surface area contributed by atoms with E-state index in [1.165, 1.54) is 29.2 Å². The highest BCUT2D eigenvalue weighted by Crippen LogP contribution is 2.28. The summed E-state index contributed by atoms with van der Waals surface area (Å²) in [6, 6.07) is 12.9. The topological polar surface area (TPSA) is 53.1 Å². The SMILES string of the molecule is COc1cccc(N2CCN(C3CC(=O)N(c4ccc(F)cc4)C3=O)CC2)c1. The third-order valence-corrected chi connectivity index (χ3v) is 5.38. The lowest BCUT2D eigenvalue weighted by Crippen LogP contribution is -2.52. The van der Waals surface area contributed by atoms with Crippen LogP contribution in [0.25, 0.3) is 0 Å². The van der Waals surface area contributed by atoms with Gasteiger partial charge in [-0.3, -0.25) is 14.5 Å². The molecule has 2 amide bonds. The number of ether oxygens (including phenoxy) is 1. The number of hydrogen-bond donors (Lipinski definition) is 0. The molecule has 2 aliphatic rings. The van der Waals surface area contributed by atoms with Gasteiger partial charge >= 0.3 is 0 Å². The largest absolute Gasteiger partial charge is 0.497 e. The van der Waals surface area contributed by atoms with Crippen molar-refractivity contribution in [1.82, 2.24) is 4.90 Å². The predicted octanol–water partition coefficient (Wildman–Crippen LogP) is 2.29. The number of imide groups is 1. The normalized spacial score (nSPS) is 20.7. The fourth-order valence-electron chi connectivity index (χ4n) is 3.86. The van der Waals surface area contributed by atoms with Crippen molar-refractivity contribution >= 4 is 23.2 Å². The van der Waals surface area contributed by atoms with Crippen molar-refractivity contribution < 1.29 is 18.7 Å². The van der Waals surface area contributed by atoms with Crippen LogP contribution in [0.3, 0.4) is 0 Å². The molecular formula is C21H22FN3O3.